The summed E-state index contributed by atoms with van der Waals surface area (Å²) in [6.45, 7) is 3.95. The number of carbonyl (C=O) groups is 2. The third-order valence-corrected chi connectivity index (χ3v) is 4.16. The number of unbranched alkanes of at least 4 members (excludes halogenated alkanes) is 11. The molecular weight excluding hydrogens is 300 g/mol. The zero-order valence-corrected chi connectivity index (χ0v) is 16.0. The van der Waals surface area contributed by atoms with Crippen molar-refractivity contribution in [2.75, 3.05) is 0 Å². The topological polar surface area (TPSA) is 43.4 Å². The summed E-state index contributed by atoms with van der Waals surface area (Å²) in [4.78, 5) is 22.2. The number of hydrogen-bond donors (Lipinski definition) is 0. The molecule has 0 aliphatic carbocycles. The monoisotopic (exact) mass is 338 g/mol. The van der Waals surface area contributed by atoms with E-state index in [0.29, 0.717) is 6.42 Å². The minimum atomic E-state index is -0.423. The van der Waals surface area contributed by atoms with Crippen molar-refractivity contribution >= 4 is 11.9 Å². The Morgan fingerprint density at radius 3 is 1.71 bits per heavy atom. The fourth-order valence-electron chi connectivity index (χ4n) is 2.59. The first-order chi connectivity index (χ1) is 11.7. The molecule has 140 valence electrons. The summed E-state index contributed by atoms with van der Waals surface area (Å²) in [5, 5.41) is 0. The standard InChI is InChI=1S/C21H38O3/c1-3-5-6-7-8-9-10-11-12-13-14-15-16-17-18-19-21(23)24-20(22)4-2/h11-12H,3-10,13-19H2,1-2H3/b12-11-. The van der Waals surface area contributed by atoms with Gasteiger partial charge in [-0.3, -0.25) is 9.59 Å². The van der Waals surface area contributed by atoms with Gasteiger partial charge in [0.25, 0.3) is 0 Å². The van der Waals surface area contributed by atoms with Gasteiger partial charge in [-0.1, -0.05) is 77.4 Å². The van der Waals surface area contributed by atoms with Gasteiger partial charge in [0, 0.05) is 12.8 Å². The Labute approximate surface area is 149 Å². The van der Waals surface area contributed by atoms with E-state index in [2.05, 4.69) is 23.8 Å². The zero-order chi connectivity index (χ0) is 17.9. The average Bonchev–Trinajstić information content (AvgIpc) is 2.58. The molecule has 3 heteroatoms. The molecule has 0 N–H and O–H groups in total. The number of esters is 2. The first kappa shape index (κ1) is 22.9. The molecule has 0 aliphatic rings. The van der Waals surface area contributed by atoms with Gasteiger partial charge in [-0.05, 0) is 32.1 Å². The summed E-state index contributed by atoms with van der Waals surface area (Å²) in [6, 6.07) is 0. The lowest BCUT2D eigenvalue weighted by Crippen LogP contribution is -2.10. The Hall–Kier alpha value is -1.12. The largest absolute Gasteiger partial charge is 0.393 e. The molecule has 0 unspecified atom stereocenters. The van der Waals surface area contributed by atoms with Crippen LogP contribution in [-0.4, -0.2) is 11.9 Å². The molecule has 0 bridgehead atoms. The summed E-state index contributed by atoms with van der Waals surface area (Å²) >= 11 is 0. The number of rotatable bonds is 16. The Bertz CT molecular complexity index is 334. The highest BCUT2D eigenvalue weighted by atomic mass is 16.6. The Morgan fingerprint density at radius 2 is 1.17 bits per heavy atom. The van der Waals surface area contributed by atoms with Crippen LogP contribution in [0.25, 0.3) is 0 Å². The van der Waals surface area contributed by atoms with Gasteiger partial charge in [-0.2, -0.15) is 0 Å². The molecule has 0 aliphatic heterocycles. The van der Waals surface area contributed by atoms with Crippen molar-refractivity contribution in [2.24, 2.45) is 0 Å². The molecule has 24 heavy (non-hydrogen) atoms. The molecule has 0 aromatic rings. The molecule has 0 saturated carbocycles. The second-order valence-electron chi connectivity index (χ2n) is 6.53. The maximum Gasteiger partial charge on any atom is 0.313 e. The van der Waals surface area contributed by atoms with Crippen LogP contribution in [0.1, 0.15) is 110 Å². The maximum absolute atomic E-state index is 11.3. The second kappa shape index (κ2) is 18.2. The quantitative estimate of drug-likeness (QED) is 0.139. The van der Waals surface area contributed by atoms with Gasteiger partial charge in [0.1, 0.15) is 0 Å². The molecule has 0 atom stereocenters. The van der Waals surface area contributed by atoms with Crippen LogP contribution in [-0.2, 0) is 14.3 Å². The molecule has 0 radical (unpaired) electrons. The Morgan fingerprint density at radius 1 is 0.667 bits per heavy atom. The molecule has 0 saturated heterocycles. The van der Waals surface area contributed by atoms with Crippen LogP contribution < -0.4 is 0 Å². The third-order valence-electron chi connectivity index (χ3n) is 4.16. The molecule has 0 fully saturated rings. The maximum atomic E-state index is 11.3. The van der Waals surface area contributed by atoms with Crippen molar-refractivity contribution in [1.82, 2.24) is 0 Å². The summed E-state index contributed by atoms with van der Waals surface area (Å²) in [7, 11) is 0. The Kier molecular flexibility index (Phi) is 17.4. The van der Waals surface area contributed by atoms with Crippen LogP contribution in [0, 0.1) is 0 Å². The molecule has 3 nitrogen and oxygen atoms in total. The molecule has 0 heterocycles. The minimum Gasteiger partial charge on any atom is -0.393 e. The van der Waals surface area contributed by atoms with Crippen molar-refractivity contribution in [3.8, 4) is 0 Å². The van der Waals surface area contributed by atoms with Gasteiger partial charge in [-0.25, -0.2) is 0 Å². The summed E-state index contributed by atoms with van der Waals surface area (Å²) in [5.74, 6) is -0.799. The zero-order valence-electron chi connectivity index (χ0n) is 16.0. The van der Waals surface area contributed by atoms with Crippen molar-refractivity contribution in [3.05, 3.63) is 12.2 Å². The van der Waals surface area contributed by atoms with Gasteiger partial charge in [0.15, 0.2) is 0 Å². The van der Waals surface area contributed by atoms with E-state index in [1.807, 2.05) is 0 Å². The van der Waals surface area contributed by atoms with Crippen LogP contribution in [0.2, 0.25) is 0 Å². The van der Waals surface area contributed by atoms with Gasteiger partial charge in [-0.15, -0.1) is 0 Å². The van der Waals surface area contributed by atoms with E-state index in [-0.39, 0.29) is 12.4 Å². The van der Waals surface area contributed by atoms with Gasteiger partial charge < -0.3 is 4.74 Å². The number of allylic oxidation sites excluding steroid dienone is 2. The van der Waals surface area contributed by atoms with Gasteiger partial charge >= 0.3 is 11.9 Å². The van der Waals surface area contributed by atoms with Crippen LogP contribution in [0.5, 0.6) is 0 Å². The molecule has 0 spiro atoms. The van der Waals surface area contributed by atoms with Gasteiger partial charge in [0.2, 0.25) is 0 Å². The van der Waals surface area contributed by atoms with Crippen LogP contribution in [0.3, 0.4) is 0 Å². The molecule has 0 rings (SSSR count). The van der Waals surface area contributed by atoms with E-state index in [9.17, 15) is 9.59 Å². The van der Waals surface area contributed by atoms with Gasteiger partial charge in [0.05, 0.1) is 0 Å². The highest BCUT2D eigenvalue weighted by Gasteiger charge is 2.07. The van der Waals surface area contributed by atoms with E-state index in [1.165, 1.54) is 64.2 Å². The summed E-state index contributed by atoms with van der Waals surface area (Å²) in [6.07, 6.45) is 21.3. The molecule has 0 aromatic heterocycles. The predicted octanol–water partition coefficient (Wildman–Crippen LogP) is 6.50. The number of ether oxygens (including phenoxy) is 1. The lowest BCUT2D eigenvalue weighted by molar-refractivity contribution is -0.159. The van der Waals surface area contributed by atoms with E-state index in [0.717, 1.165) is 19.3 Å². The SMILES string of the molecule is CCCCCCCC/C=C\CCCCCCCC(=O)OC(=O)CC. The first-order valence-corrected chi connectivity index (χ1v) is 10.1. The smallest absolute Gasteiger partial charge is 0.313 e. The fourth-order valence-corrected chi connectivity index (χ4v) is 2.59. The molecular formula is C21H38O3. The van der Waals surface area contributed by atoms with E-state index in [1.54, 1.807) is 6.92 Å². The molecule has 0 amide bonds. The predicted molar refractivity (Wildman–Crippen MR) is 101 cm³/mol. The van der Waals surface area contributed by atoms with Crippen LogP contribution in [0.15, 0.2) is 12.2 Å². The highest BCUT2D eigenvalue weighted by Crippen LogP contribution is 2.10. The summed E-state index contributed by atoms with van der Waals surface area (Å²) in [5.41, 5.74) is 0. The van der Waals surface area contributed by atoms with Crippen LogP contribution >= 0.6 is 0 Å². The fraction of sp³-hybridized carbons (Fsp3) is 0.810. The minimum absolute atomic E-state index is 0.262. The first-order valence-electron chi connectivity index (χ1n) is 10.1. The number of carbonyl (C=O) groups excluding carboxylic acids is 2. The Balaban J connectivity index is 3.23. The van der Waals surface area contributed by atoms with E-state index in [4.69, 9.17) is 0 Å². The van der Waals surface area contributed by atoms with Crippen molar-refractivity contribution < 1.29 is 14.3 Å². The lowest BCUT2D eigenvalue weighted by atomic mass is 10.1. The normalized spacial score (nSPS) is 11.1. The number of hydrogen-bond acceptors (Lipinski definition) is 3. The van der Waals surface area contributed by atoms with E-state index >= 15 is 0 Å². The summed E-state index contributed by atoms with van der Waals surface area (Å²) < 4.78 is 4.63. The van der Waals surface area contributed by atoms with Crippen LogP contribution in [0.4, 0.5) is 0 Å². The lowest BCUT2D eigenvalue weighted by Gasteiger charge is -2.02. The van der Waals surface area contributed by atoms with Crippen molar-refractivity contribution in [3.63, 3.8) is 0 Å². The van der Waals surface area contributed by atoms with Crippen molar-refractivity contribution in [2.45, 2.75) is 110 Å². The highest BCUT2D eigenvalue weighted by molar-refractivity contribution is 5.85. The van der Waals surface area contributed by atoms with E-state index < -0.39 is 5.97 Å². The molecule has 0 aromatic carbocycles. The second-order valence-corrected chi connectivity index (χ2v) is 6.53. The third kappa shape index (κ3) is 17.2. The average molecular weight is 339 g/mol. The van der Waals surface area contributed by atoms with Crippen molar-refractivity contribution in [1.29, 1.82) is 0 Å².